The molecule has 174 valence electrons. The number of carbonyl (C=O) groups is 2. The van der Waals surface area contributed by atoms with Gasteiger partial charge in [-0.25, -0.2) is 9.48 Å². The highest BCUT2D eigenvalue weighted by molar-refractivity contribution is 6.39. The van der Waals surface area contributed by atoms with Gasteiger partial charge in [0.2, 0.25) is 0 Å². The number of carboxylic acid groups (broad SMARTS) is 1. The third-order valence-corrected chi connectivity index (χ3v) is 5.27. The highest BCUT2D eigenvalue weighted by Gasteiger charge is 2.24. The minimum atomic E-state index is -1.21. The maximum Gasteiger partial charge on any atom is 0.326 e. The Hall–Kier alpha value is -3.23. The van der Waals surface area contributed by atoms with Gasteiger partial charge in [-0.2, -0.15) is 5.10 Å². The van der Waals surface area contributed by atoms with E-state index in [2.05, 4.69) is 15.4 Å². The molecule has 0 aliphatic carbocycles. The largest absolute Gasteiger partial charge is 0.480 e. The van der Waals surface area contributed by atoms with Crippen LogP contribution in [0.2, 0.25) is 10.0 Å². The van der Waals surface area contributed by atoms with E-state index in [0.29, 0.717) is 16.7 Å². The summed E-state index contributed by atoms with van der Waals surface area (Å²) in [6, 6.07) is 5.67. The number of hydrogen-bond donors (Lipinski definition) is 2. The zero-order valence-corrected chi connectivity index (χ0v) is 20.1. The second-order valence-electron chi connectivity index (χ2n) is 6.87. The molecule has 2 heterocycles. The fourth-order valence-electron chi connectivity index (χ4n) is 3.07. The first-order valence-corrected chi connectivity index (χ1v) is 10.9. The molecule has 1 amide bonds. The maximum absolute atomic E-state index is 12.5. The number of benzene rings is 1. The summed E-state index contributed by atoms with van der Waals surface area (Å²) in [6.45, 7) is 5.79. The average molecular weight is 491 g/mol. The second-order valence-corrected chi connectivity index (χ2v) is 7.69. The third kappa shape index (κ3) is 6.18. The first kappa shape index (κ1) is 26.0. The van der Waals surface area contributed by atoms with Gasteiger partial charge >= 0.3 is 5.97 Å². The molecule has 0 aliphatic rings. The van der Waals surface area contributed by atoms with Crippen LogP contribution in [0.1, 0.15) is 35.3 Å². The van der Waals surface area contributed by atoms with Gasteiger partial charge in [-0.15, -0.1) is 0 Å². The summed E-state index contributed by atoms with van der Waals surface area (Å²) in [5.74, 6) is -1.92. The number of aliphatic carboxylic acids is 1. The molecule has 2 N–H and O–H groups in total. The van der Waals surface area contributed by atoms with Gasteiger partial charge < -0.3 is 10.4 Å². The number of hydrogen-bond acceptors (Lipinski definition) is 5. The number of nitrogens with one attached hydrogen (secondary N) is 1. The first-order valence-electron chi connectivity index (χ1n) is 10.1. The van der Waals surface area contributed by atoms with E-state index in [1.165, 1.54) is 17.1 Å². The van der Waals surface area contributed by atoms with E-state index in [1.807, 2.05) is 13.8 Å². The molecule has 0 saturated carbocycles. The molecule has 0 radical (unpaired) electrons. The normalized spacial score (nSPS) is 11.2. The van der Waals surface area contributed by atoms with Gasteiger partial charge in [-0.3, -0.25) is 14.6 Å². The van der Waals surface area contributed by atoms with Crippen LogP contribution in [0.4, 0.5) is 0 Å². The number of rotatable bonds is 6. The molecule has 8 nitrogen and oxygen atoms in total. The van der Waals surface area contributed by atoms with Crippen molar-refractivity contribution in [3.05, 3.63) is 79.9 Å². The summed E-state index contributed by atoms with van der Waals surface area (Å²) in [6.07, 6.45) is 4.13. The van der Waals surface area contributed by atoms with E-state index in [9.17, 15) is 19.5 Å². The van der Waals surface area contributed by atoms with Crippen LogP contribution in [0.25, 0.3) is 11.1 Å². The predicted octanol–water partition coefficient (Wildman–Crippen LogP) is 3.91. The van der Waals surface area contributed by atoms with Crippen molar-refractivity contribution in [2.24, 2.45) is 7.05 Å². The van der Waals surface area contributed by atoms with Crippen LogP contribution in [0, 0.1) is 6.92 Å². The van der Waals surface area contributed by atoms with Gasteiger partial charge in [-0.1, -0.05) is 61.3 Å². The number of amides is 1. The molecule has 3 rings (SSSR count). The monoisotopic (exact) mass is 490 g/mol. The lowest BCUT2D eigenvalue weighted by molar-refractivity contribution is -0.139. The molecule has 0 spiro atoms. The molecule has 3 aromatic rings. The first-order chi connectivity index (χ1) is 15.7. The van der Waals surface area contributed by atoms with Crippen LogP contribution >= 0.6 is 23.2 Å². The number of halogens is 2. The molecule has 0 fully saturated rings. The van der Waals surface area contributed by atoms with Crippen molar-refractivity contribution in [1.29, 1.82) is 0 Å². The number of pyridine rings is 1. The molecule has 0 aliphatic heterocycles. The van der Waals surface area contributed by atoms with Crippen molar-refractivity contribution in [1.82, 2.24) is 20.1 Å². The van der Waals surface area contributed by atoms with Crippen molar-refractivity contribution < 1.29 is 14.7 Å². The topological polar surface area (TPSA) is 114 Å². The van der Waals surface area contributed by atoms with E-state index in [0.717, 1.165) is 5.56 Å². The highest BCUT2D eigenvalue weighted by Crippen LogP contribution is 2.23. The van der Waals surface area contributed by atoms with Crippen molar-refractivity contribution >= 4 is 35.1 Å². The highest BCUT2D eigenvalue weighted by atomic mass is 35.5. The lowest BCUT2D eigenvalue weighted by atomic mass is 9.99. The summed E-state index contributed by atoms with van der Waals surface area (Å²) in [4.78, 5) is 40.4. The van der Waals surface area contributed by atoms with Gasteiger partial charge in [0.1, 0.15) is 6.04 Å². The van der Waals surface area contributed by atoms with Crippen molar-refractivity contribution in [3.63, 3.8) is 0 Å². The Morgan fingerprint density at radius 1 is 1.09 bits per heavy atom. The summed E-state index contributed by atoms with van der Waals surface area (Å²) >= 11 is 11.9. The Labute approximate surface area is 201 Å². The summed E-state index contributed by atoms with van der Waals surface area (Å²) in [5.41, 5.74) is 2.34. The summed E-state index contributed by atoms with van der Waals surface area (Å²) in [7, 11) is 1.57. The van der Waals surface area contributed by atoms with Crippen LogP contribution in [0.5, 0.6) is 0 Å². The zero-order chi connectivity index (χ0) is 24.7. The smallest absolute Gasteiger partial charge is 0.326 e. The van der Waals surface area contributed by atoms with Gasteiger partial charge in [0.05, 0.1) is 27.4 Å². The fourth-order valence-corrected chi connectivity index (χ4v) is 3.61. The number of carboxylic acids is 1. The van der Waals surface area contributed by atoms with E-state index < -0.39 is 17.9 Å². The third-order valence-electron chi connectivity index (χ3n) is 4.69. The van der Waals surface area contributed by atoms with Crippen LogP contribution in [-0.4, -0.2) is 37.8 Å². The minimum Gasteiger partial charge on any atom is -0.480 e. The van der Waals surface area contributed by atoms with Crippen molar-refractivity contribution in [2.45, 2.75) is 33.2 Å². The van der Waals surface area contributed by atoms with Gasteiger partial charge in [-0.05, 0) is 23.6 Å². The molecule has 2 aromatic heterocycles. The van der Waals surface area contributed by atoms with Crippen molar-refractivity contribution in [2.75, 3.05) is 0 Å². The molecular formula is C23H24Cl2N4O4. The van der Waals surface area contributed by atoms with Crippen molar-refractivity contribution in [3.8, 4) is 11.1 Å². The second kappa shape index (κ2) is 11.6. The standard InChI is InChI=1S/C21H18Cl2N4O4.C2H6/c1-11-8-25-27(2)20(29)17(11)13-5-3-12(4-6-13)7-16(21(30)31)26-19(28)18-14(22)9-24-10-15(18)23;1-2/h3-6,8-10,16H,7H2,1-2H3,(H,26,28)(H,30,31);1-2H3. The number of aromatic nitrogens is 3. The quantitative estimate of drug-likeness (QED) is 0.541. The lowest BCUT2D eigenvalue weighted by Crippen LogP contribution is -2.42. The Morgan fingerprint density at radius 2 is 1.67 bits per heavy atom. The Balaban J connectivity index is 0.00000187. The number of carbonyl (C=O) groups excluding carboxylic acids is 1. The maximum atomic E-state index is 12.5. The van der Waals surface area contributed by atoms with Crippen LogP contribution in [0.3, 0.4) is 0 Å². The Kier molecular flexibility index (Phi) is 9.13. The van der Waals surface area contributed by atoms with Gasteiger partial charge in [0, 0.05) is 25.9 Å². The number of nitrogens with zero attached hydrogens (tertiary/aromatic N) is 3. The van der Waals surface area contributed by atoms with Gasteiger partial charge in [0.25, 0.3) is 11.5 Å². The van der Waals surface area contributed by atoms with E-state index in [4.69, 9.17) is 23.2 Å². The number of aryl methyl sites for hydroxylation is 2. The minimum absolute atomic E-state index is 0.0211. The van der Waals surface area contributed by atoms with Gasteiger partial charge in [0.15, 0.2) is 0 Å². The molecule has 0 saturated heterocycles. The molecule has 10 heteroatoms. The molecule has 0 bridgehead atoms. The van der Waals surface area contributed by atoms with Crippen LogP contribution < -0.4 is 10.9 Å². The summed E-state index contributed by atoms with van der Waals surface area (Å²) in [5, 5.41) is 16.0. The Morgan fingerprint density at radius 3 is 2.21 bits per heavy atom. The molecule has 1 unspecified atom stereocenters. The SMILES string of the molecule is CC.Cc1cnn(C)c(=O)c1-c1ccc(CC(NC(=O)c2c(Cl)cncc2Cl)C(=O)O)cc1. The van der Waals surface area contributed by atoms with E-state index in [1.54, 1.807) is 44.4 Å². The molecule has 33 heavy (non-hydrogen) atoms. The van der Waals surface area contributed by atoms with E-state index in [-0.39, 0.29) is 27.6 Å². The van der Waals surface area contributed by atoms with Crippen LogP contribution in [0.15, 0.2) is 47.7 Å². The molecular weight excluding hydrogens is 467 g/mol. The summed E-state index contributed by atoms with van der Waals surface area (Å²) < 4.78 is 1.25. The molecule has 1 aromatic carbocycles. The fraction of sp³-hybridized carbons (Fsp3) is 0.261. The zero-order valence-electron chi connectivity index (χ0n) is 18.6. The lowest BCUT2D eigenvalue weighted by Gasteiger charge is -2.16. The van der Waals surface area contributed by atoms with E-state index >= 15 is 0 Å². The Bertz CT molecular complexity index is 1190. The average Bonchev–Trinajstić information content (AvgIpc) is 2.78. The predicted molar refractivity (Wildman–Crippen MR) is 128 cm³/mol. The molecule has 1 atom stereocenters. The van der Waals surface area contributed by atoms with Crippen LogP contribution in [-0.2, 0) is 18.3 Å².